The van der Waals surface area contributed by atoms with E-state index in [-0.39, 0.29) is 11.0 Å². The highest BCUT2D eigenvalue weighted by molar-refractivity contribution is 4.64. The fourth-order valence-corrected chi connectivity index (χ4v) is 2.69. The second kappa shape index (κ2) is 27.3. The molecule has 20 heavy (non-hydrogen) atoms. The molecule has 0 atom stereocenters. The van der Waals surface area contributed by atoms with Gasteiger partial charge in [0.1, 0.15) is 0 Å². The first-order valence-corrected chi connectivity index (χ1v) is 8.93. The molecule has 0 aromatic rings. The molecule has 1 fully saturated rings. The lowest BCUT2D eigenvalue weighted by Gasteiger charge is -2.13. The van der Waals surface area contributed by atoms with Crippen molar-refractivity contribution in [2.75, 3.05) is 0 Å². The zero-order valence-corrected chi connectivity index (χ0v) is 15.1. The van der Waals surface area contributed by atoms with Gasteiger partial charge < -0.3 is 11.0 Å². The minimum Gasteiger partial charge on any atom is -0.412 e. The highest BCUT2D eigenvalue weighted by Gasteiger charge is 2.11. The molecule has 0 spiro atoms. The van der Waals surface area contributed by atoms with Gasteiger partial charge in [0.25, 0.3) is 0 Å². The summed E-state index contributed by atoms with van der Waals surface area (Å²) in [5.74, 6) is 1.10. The van der Waals surface area contributed by atoms with E-state index in [4.69, 9.17) is 0 Å². The van der Waals surface area contributed by atoms with Gasteiger partial charge in [0.2, 0.25) is 0 Å². The van der Waals surface area contributed by atoms with Crippen molar-refractivity contribution in [1.82, 2.24) is 0 Å². The maximum absolute atomic E-state index is 2.30. The van der Waals surface area contributed by atoms with Crippen LogP contribution in [0.1, 0.15) is 112 Å². The summed E-state index contributed by atoms with van der Waals surface area (Å²) in [5.41, 5.74) is 0. The van der Waals surface area contributed by atoms with Crippen molar-refractivity contribution in [2.24, 2.45) is 5.92 Å². The van der Waals surface area contributed by atoms with E-state index < -0.39 is 0 Å². The normalized spacial score (nSPS) is 14.2. The van der Waals surface area contributed by atoms with Gasteiger partial charge in [-0.15, -0.1) is 0 Å². The molecule has 0 heterocycles. The zero-order valence-electron chi connectivity index (χ0n) is 15.1. The van der Waals surface area contributed by atoms with Gasteiger partial charge in [0, 0.05) is 0 Å². The second-order valence-electron chi connectivity index (χ2n) is 5.06. The molecule has 0 radical (unpaired) electrons. The summed E-state index contributed by atoms with van der Waals surface area (Å²) in [7, 11) is 0. The van der Waals surface area contributed by atoms with Crippen molar-refractivity contribution < 1.29 is 11.0 Å². The summed E-state index contributed by atoms with van der Waals surface area (Å²) < 4.78 is 0. The summed E-state index contributed by atoms with van der Waals surface area (Å²) >= 11 is 0. The summed E-state index contributed by atoms with van der Waals surface area (Å²) in [5, 5.41) is 0. The van der Waals surface area contributed by atoms with Crippen molar-refractivity contribution in [1.29, 1.82) is 0 Å². The molecule has 4 N–H and O–H groups in total. The van der Waals surface area contributed by atoms with Gasteiger partial charge in [-0.25, -0.2) is 0 Å². The largest absolute Gasteiger partial charge is 0.412 e. The highest BCUT2D eigenvalue weighted by atomic mass is 16.0. The molecule has 1 aliphatic carbocycles. The molecule has 0 aliphatic heterocycles. The highest BCUT2D eigenvalue weighted by Crippen LogP contribution is 2.27. The molecule has 1 saturated carbocycles. The molecular weight excluding hydrogens is 248 g/mol. The third kappa shape index (κ3) is 20.2. The first-order valence-electron chi connectivity index (χ1n) is 8.93. The Bertz CT molecular complexity index is 119. The summed E-state index contributed by atoms with van der Waals surface area (Å²) in [6, 6.07) is 0. The summed E-state index contributed by atoms with van der Waals surface area (Å²) in [6.07, 6.45) is 17.9. The molecule has 1 aliphatic rings. The Hall–Kier alpha value is -0.0800. The lowest BCUT2D eigenvalue weighted by Crippen LogP contribution is -1.98. The van der Waals surface area contributed by atoms with Crippen molar-refractivity contribution in [3.05, 3.63) is 0 Å². The van der Waals surface area contributed by atoms with Crippen molar-refractivity contribution in [2.45, 2.75) is 112 Å². The van der Waals surface area contributed by atoms with Gasteiger partial charge in [0.05, 0.1) is 0 Å². The van der Waals surface area contributed by atoms with Gasteiger partial charge in [-0.3, -0.25) is 0 Å². The SMILES string of the molecule is CC.CC.CCCCCCCC1CCCCCC1.O.O. The molecular formula is C18H44O2. The molecule has 128 valence electrons. The molecule has 2 nitrogen and oxygen atoms in total. The molecule has 2 heteroatoms. The van der Waals surface area contributed by atoms with E-state index in [1.54, 1.807) is 0 Å². The fraction of sp³-hybridized carbons (Fsp3) is 1.00. The summed E-state index contributed by atoms with van der Waals surface area (Å²) in [4.78, 5) is 0. The van der Waals surface area contributed by atoms with Crippen LogP contribution in [0.25, 0.3) is 0 Å². The minimum atomic E-state index is 0. The average molecular weight is 293 g/mol. The minimum absolute atomic E-state index is 0. The van der Waals surface area contributed by atoms with E-state index in [1.165, 1.54) is 77.0 Å². The van der Waals surface area contributed by atoms with Gasteiger partial charge in [-0.05, 0) is 5.92 Å². The number of unbranched alkanes of at least 4 members (excludes halogenated alkanes) is 4. The Balaban J connectivity index is -0.000000196. The second-order valence-corrected chi connectivity index (χ2v) is 5.06. The van der Waals surface area contributed by atoms with Crippen LogP contribution in [-0.4, -0.2) is 11.0 Å². The molecule has 1 rings (SSSR count). The van der Waals surface area contributed by atoms with E-state index in [0.717, 1.165) is 5.92 Å². The van der Waals surface area contributed by atoms with Gasteiger partial charge in [-0.1, -0.05) is 112 Å². The van der Waals surface area contributed by atoms with Crippen molar-refractivity contribution >= 4 is 0 Å². The Kier molecular flexibility index (Phi) is 38.4. The Labute approximate surface area is 129 Å². The van der Waals surface area contributed by atoms with Gasteiger partial charge in [0.15, 0.2) is 0 Å². The van der Waals surface area contributed by atoms with Crippen molar-refractivity contribution in [3.63, 3.8) is 0 Å². The average Bonchev–Trinajstić information content (AvgIpc) is 2.72. The molecule has 0 unspecified atom stereocenters. The number of hydrogen-bond acceptors (Lipinski definition) is 0. The Morgan fingerprint density at radius 3 is 1.55 bits per heavy atom. The van der Waals surface area contributed by atoms with E-state index in [2.05, 4.69) is 6.92 Å². The van der Waals surface area contributed by atoms with Crippen LogP contribution in [0, 0.1) is 5.92 Å². The van der Waals surface area contributed by atoms with Crippen LogP contribution in [0.5, 0.6) is 0 Å². The van der Waals surface area contributed by atoms with Crippen LogP contribution in [-0.2, 0) is 0 Å². The first kappa shape index (κ1) is 28.1. The molecule has 0 saturated heterocycles. The quantitative estimate of drug-likeness (QED) is 0.444. The van der Waals surface area contributed by atoms with Crippen LogP contribution in [0.4, 0.5) is 0 Å². The van der Waals surface area contributed by atoms with Gasteiger partial charge >= 0.3 is 0 Å². The van der Waals surface area contributed by atoms with Crippen LogP contribution >= 0.6 is 0 Å². The number of rotatable bonds is 6. The van der Waals surface area contributed by atoms with E-state index in [0.29, 0.717) is 0 Å². The Morgan fingerprint density at radius 1 is 0.650 bits per heavy atom. The number of hydrogen-bond donors (Lipinski definition) is 0. The third-order valence-corrected chi connectivity index (χ3v) is 3.69. The van der Waals surface area contributed by atoms with Crippen LogP contribution in [0.2, 0.25) is 0 Å². The maximum atomic E-state index is 2.30. The zero-order chi connectivity index (χ0) is 14.1. The van der Waals surface area contributed by atoms with Crippen LogP contribution in [0.3, 0.4) is 0 Å². The van der Waals surface area contributed by atoms with Crippen LogP contribution in [0.15, 0.2) is 0 Å². The molecule has 0 bridgehead atoms. The predicted octanol–water partition coefficient (Wildman–Crippen LogP) is 5.72. The summed E-state index contributed by atoms with van der Waals surface area (Å²) in [6.45, 7) is 10.3. The molecule has 0 aromatic carbocycles. The first-order chi connectivity index (χ1) is 8.93. The monoisotopic (exact) mass is 292 g/mol. The third-order valence-electron chi connectivity index (χ3n) is 3.69. The van der Waals surface area contributed by atoms with E-state index >= 15 is 0 Å². The lowest BCUT2D eigenvalue weighted by molar-refractivity contribution is 0.405. The Morgan fingerprint density at radius 2 is 1.10 bits per heavy atom. The molecule has 0 amide bonds. The predicted molar refractivity (Wildman–Crippen MR) is 94.5 cm³/mol. The standard InChI is InChI=1S/C14H28.2C2H6.2H2O/c1-2-3-4-5-8-11-14-12-9-6-7-10-13-14;2*1-2;;/h14H,2-13H2,1H3;2*1-2H3;2*1H2. The molecule has 0 aromatic heterocycles. The lowest BCUT2D eigenvalue weighted by atomic mass is 9.93. The fourth-order valence-electron chi connectivity index (χ4n) is 2.69. The topological polar surface area (TPSA) is 63.0 Å². The maximum Gasteiger partial charge on any atom is -0.0414 e. The van der Waals surface area contributed by atoms with Crippen LogP contribution < -0.4 is 0 Å². The van der Waals surface area contributed by atoms with Crippen molar-refractivity contribution in [3.8, 4) is 0 Å². The van der Waals surface area contributed by atoms with E-state index in [9.17, 15) is 0 Å². The smallest absolute Gasteiger partial charge is 0.0414 e. The van der Waals surface area contributed by atoms with Gasteiger partial charge in [-0.2, -0.15) is 0 Å². The van der Waals surface area contributed by atoms with E-state index in [1.807, 2.05) is 27.7 Å².